The van der Waals surface area contributed by atoms with Crippen LogP contribution < -0.4 is 0 Å². The lowest BCUT2D eigenvalue weighted by Gasteiger charge is -2.28. The quantitative estimate of drug-likeness (QED) is 0.637. The van der Waals surface area contributed by atoms with Gasteiger partial charge in [0.2, 0.25) is 10.0 Å². The number of piperidine rings is 1. The Labute approximate surface area is 85.5 Å². The van der Waals surface area contributed by atoms with Crippen LogP contribution >= 0.6 is 0 Å². The van der Waals surface area contributed by atoms with Gasteiger partial charge in [-0.05, 0) is 25.7 Å². The Balaban J connectivity index is 1.98. The number of rotatable bonds is 2. The van der Waals surface area contributed by atoms with E-state index in [0.29, 0.717) is 13.1 Å². The summed E-state index contributed by atoms with van der Waals surface area (Å²) in [5.41, 5.74) is 0. The van der Waals surface area contributed by atoms with Crippen LogP contribution in [-0.2, 0) is 10.0 Å². The Morgan fingerprint density at radius 1 is 1.14 bits per heavy atom. The third-order valence-corrected chi connectivity index (χ3v) is 5.39. The lowest BCUT2D eigenvalue weighted by atomic mass is 10.00. The maximum atomic E-state index is 11.8. The van der Waals surface area contributed by atoms with E-state index in [2.05, 4.69) is 5.92 Å². The van der Waals surface area contributed by atoms with E-state index in [1.54, 1.807) is 4.31 Å². The van der Waals surface area contributed by atoms with Gasteiger partial charge in [0.1, 0.15) is 0 Å². The fourth-order valence-corrected chi connectivity index (χ4v) is 3.73. The van der Waals surface area contributed by atoms with Gasteiger partial charge < -0.3 is 0 Å². The van der Waals surface area contributed by atoms with Gasteiger partial charge in [0, 0.05) is 19.0 Å². The maximum Gasteiger partial charge on any atom is 0.216 e. The van der Waals surface area contributed by atoms with Crippen molar-refractivity contribution in [2.45, 2.75) is 30.9 Å². The zero-order valence-corrected chi connectivity index (χ0v) is 8.96. The van der Waals surface area contributed by atoms with Crippen molar-refractivity contribution in [1.82, 2.24) is 4.31 Å². The zero-order valence-electron chi connectivity index (χ0n) is 8.15. The van der Waals surface area contributed by atoms with Gasteiger partial charge in [0.25, 0.3) is 0 Å². The van der Waals surface area contributed by atoms with Crippen LogP contribution in [0.5, 0.6) is 0 Å². The molecule has 0 aromatic heterocycles. The Morgan fingerprint density at radius 3 is 2.14 bits per heavy atom. The third-order valence-electron chi connectivity index (χ3n) is 3.00. The van der Waals surface area contributed by atoms with Gasteiger partial charge in [-0.2, -0.15) is 0 Å². The maximum absolute atomic E-state index is 11.8. The largest absolute Gasteiger partial charge is 0.216 e. The highest BCUT2D eigenvalue weighted by Crippen LogP contribution is 2.32. The molecule has 0 N–H and O–H groups in total. The molecule has 1 aliphatic heterocycles. The summed E-state index contributed by atoms with van der Waals surface area (Å²) in [6, 6.07) is 0. The smallest absolute Gasteiger partial charge is 0.212 e. The SMILES string of the molecule is C#CC1CCN(S(=O)(=O)C2CC2)CC1. The van der Waals surface area contributed by atoms with Crippen LogP contribution in [0.15, 0.2) is 0 Å². The van der Waals surface area contributed by atoms with Gasteiger partial charge in [-0.25, -0.2) is 12.7 Å². The normalized spacial score (nSPS) is 25.9. The molecule has 0 amide bonds. The molecule has 78 valence electrons. The summed E-state index contributed by atoms with van der Waals surface area (Å²) in [6.45, 7) is 1.24. The number of nitrogens with zero attached hydrogens (tertiary/aromatic N) is 1. The van der Waals surface area contributed by atoms with E-state index in [0.717, 1.165) is 25.7 Å². The molecule has 1 saturated carbocycles. The Kier molecular flexibility index (Phi) is 2.54. The van der Waals surface area contributed by atoms with Crippen LogP contribution in [0.2, 0.25) is 0 Å². The summed E-state index contributed by atoms with van der Waals surface area (Å²) in [5.74, 6) is 2.98. The van der Waals surface area contributed by atoms with Crippen LogP contribution in [0.4, 0.5) is 0 Å². The van der Waals surface area contributed by atoms with Gasteiger partial charge in [-0.15, -0.1) is 12.3 Å². The van der Waals surface area contributed by atoms with Crippen molar-refractivity contribution in [2.75, 3.05) is 13.1 Å². The fourth-order valence-electron chi connectivity index (χ4n) is 1.85. The van der Waals surface area contributed by atoms with Crippen LogP contribution in [-0.4, -0.2) is 31.1 Å². The summed E-state index contributed by atoms with van der Waals surface area (Å²) >= 11 is 0. The van der Waals surface area contributed by atoms with E-state index in [4.69, 9.17) is 6.42 Å². The van der Waals surface area contributed by atoms with Gasteiger partial charge in [0.05, 0.1) is 5.25 Å². The predicted molar refractivity (Wildman–Crippen MR) is 55.1 cm³/mol. The Bertz CT molecular complexity index is 343. The van der Waals surface area contributed by atoms with E-state index in [9.17, 15) is 8.42 Å². The molecule has 1 aliphatic carbocycles. The number of hydrogen-bond acceptors (Lipinski definition) is 2. The molecule has 1 heterocycles. The molecule has 4 heteroatoms. The summed E-state index contributed by atoms with van der Waals surface area (Å²) in [7, 11) is -2.96. The lowest BCUT2D eigenvalue weighted by Crippen LogP contribution is -2.39. The summed E-state index contributed by atoms with van der Waals surface area (Å²) in [4.78, 5) is 0. The van der Waals surface area contributed by atoms with Crippen LogP contribution in [0.3, 0.4) is 0 Å². The van der Waals surface area contributed by atoms with Crippen molar-refractivity contribution in [3.05, 3.63) is 0 Å². The van der Waals surface area contributed by atoms with Crippen LogP contribution in [0.1, 0.15) is 25.7 Å². The molecule has 0 radical (unpaired) electrons. The minimum absolute atomic E-state index is 0.0788. The number of terminal acetylenes is 1. The average Bonchev–Trinajstić information content (AvgIpc) is 3.01. The molecule has 0 aromatic carbocycles. The van der Waals surface area contributed by atoms with Crippen molar-refractivity contribution in [3.63, 3.8) is 0 Å². The molecular weight excluding hydrogens is 198 g/mol. The second-order valence-corrected chi connectivity index (χ2v) is 6.30. The highest BCUT2D eigenvalue weighted by Gasteiger charge is 2.40. The monoisotopic (exact) mass is 213 g/mol. The first-order valence-corrected chi connectivity index (χ1v) is 6.60. The molecule has 14 heavy (non-hydrogen) atoms. The van der Waals surface area contributed by atoms with Crippen molar-refractivity contribution < 1.29 is 8.42 Å². The van der Waals surface area contributed by atoms with E-state index in [1.165, 1.54) is 0 Å². The predicted octanol–water partition coefficient (Wildman–Crippen LogP) is 0.824. The van der Waals surface area contributed by atoms with Crippen LogP contribution in [0.25, 0.3) is 0 Å². The van der Waals surface area contributed by atoms with E-state index in [-0.39, 0.29) is 11.2 Å². The van der Waals surface area contributed by atoms with E-state index < -0.39 is 10.0 Å². The molecule has 0 unspecified atom stereocenters. The first-order chi connectivity index (χ1) is 6.64. The summed E-state index contributed by atoms with van der Waals surface area (Å²) in [5, 5.41) is -0.0788. The minimum atomic E-state index is -2.96. The molecule has 0 spiro atoms. The molecule has 0 atom stereocenters. The molecule has 1 saturated heterocycles. The summed E-state index contributed by atoms with van der Waals surface area (Å²) in [6.07, 6.45) is 8.64. The Morgan fingerprint density at radius 2 is 1.71 bits per heavy atom. The van der Waals surface area contributed by atoms with Crippen LogP contribution in [0, 0.1) is 18.3 Å². The van der Waals surface area contributed by atoms with E-state index >= 15 is 0 Å². The van der Waals surface area contributed by atoms with Crippen molar-refractivity contribution >= 4 is 10.0 Å². The second-order valence-electron chi connectivity index (χ2n) is 4.08. The third kappa shape index (κ3) is 1.79. The fraction of sp³-hybridized carbons (Fsp3) is 0.800. The minimum Gasteiger partial charge on any atom is -0.212 e. The van der Waals surface area contributed by atoms with Crippen molar-refractivity contribution in [3.8, 4) is 12.3 Å². The molecule has 0 bridgehead atoms. The lowest BCUT2D eigenvalue weighted by molar-refractivity contribution is 0.311. The molecule has 3 nitrogen and oxygen atoms in total. The first-order valence-electron chi connectivity index (χ1n) is 5.09. The van der Waals surface area contributed by atoms with Gasteiger partial charge in [-0.3, -0.25) is 0 Å². The number of hydrogen-bond donors (Lipinski definition) is 0. The molecule has 2 fully saturated rings. The molecule has 2 aliphatic rings. The number of sulfonamides is 1. The highest BCUT2D eigenvalue weighted by atomic mass is 32.2. The van der Waals surface area contributed by atoms with Crippen molar-refractivity contribution in [2.24, 2.45) is 5.92 Å². The average molecular weight is 213 g/mol. The molecule has 0 aromatic rings. The van der Waals surface area contributed by atoms with Gasteiger partial charge in [-0.1, -0.05) is 0 Å². The summed E-state index contributed by atoms with van der Waals surface area (Å²) < 4.78 is 25.3. The Hall–Kier alpha value is -0.530. The second kappa shape index (κ2) is 3.56. The standard InChI is InChI=1S/C10H15NO2S/c1-2-9-5-7-11(8-6-9)14(12,13)10-3-4-10/h1,9-10H,3-8H2. The topological polar surface area (TPSA) is 37.4 Å². The molecular formula is C10H15NO2S. The first kappa shape index (κ1) is 10.0. The zero-order chi connectivity index (χ0) is 10.2. The van der Waals surface area contributed by atoms with Gasteiger partial charge in [0.15, 0.2) is 0 Å². The molecule has 2 rings (SSSR count). The van der Waals surface area contributed by atoms with Crippen molar-refractivity contribution in [1.29, 1.82) is 0 Å². The van der Waals surface area contributed by atoms with Gasteiger partial charge >= 0.3 is 0 Å². The highest BCUT2D eigenvalue weighted by molar-refractivity contribution is 7.90. The van der Waals surface area contributed by atoms with E-state index in [1.807, 2.05) is 0 Å².